The third kappa shape index (κ3) is 4.46. The van der Waals surface area contributed by atoms with Gasteiger partial charge >= 0.3 is 0 Å². The van der Waals surface area contributed by atoms with Crippen molar-refractivity contribution in [2.75, 3.05) is 37.6 Å². The van der Waals surface area contributed by atoms with E-state index in [1.165, 1.54) is 6.20 Å². The van der Waals surface area contributed by atoms with E-state index < -0.39 is 0 Å². The van der Waals surface area contributed by atoms with Crippen LogP contribution in [-0.4, -0.2) is 53.5 Å². The van der Waals surface area contributed by atoms with Gasteiger partial charge in [0.15, 0.2) is 0 Å². The minimum absolute atomic E-state index is 0.255. The van der Waals surface area contributed by atoms with Gasteiger partial charge in [-0.25, -0.2) is 9.97 Å². The summed E-state index contributed by atoms with van der Waals surface area (Å²) in [5.41, 5.74) is 1.18. The number of hydrogen-bond donors (Lipinski definition) is 1. The summed E-state index contributed by atoms with van der Waals surface area (Å²) in [7, 11) is 0. The number of amides is 1. The van der Waals surface area contributed by atoms with Gasteiger partial charge in [0.25, 0.3) is 5.91 Å². The molecule has 0 unspecified atom stereocenters. The SMILES string of the molecule is CCN1CCN(c2cnc(C(=O)NCc3ccccc3Cl)cn2)CC1. The first-order valence-corrected chi connectivity index (χ1v) is 8.86. The Kier molecular flexibility index (Phi) is 5.83. The lowest BCUT2D eigenvalue weighted by atomic mass is 10.2. The third-order valence-corrected chi connectivity index (χ3v) is 4.78. The molecule has 1 N–H and O–H groups in total. The van der Waals surface area contributed by atoms with Gasteiger partial charge in [-0.1, -0.05) is 36.7 Å². The Labute approximate surface area is 152 Å². The molecule has 25 heavy (non-hydrogen) atoms. The monoisotopic (exact) mass is 359 g/mol. The molecule has 2 aromatic rings. The zero-order valence-electron chi connectivity index (χ0n) is 14.3. The number of nitrogens with one attached hydrogen (secondary N) is 1. The van der Waals surface area contributed by atoms with Crippen LogP contribution in [0.2, 0.25) is 5.02 Å². The van der Waals surface area contributed by atoms with Crippen LogP contribution in [0.1, 0.15) is 23.0 Å². The number of carbonyl (C=O) groups is 1. The zero-order chi connectivity index (χ0) is 17.6. The maximum atomic E-state index is 12.2. The topological polar surface area (TPSA) is 61.4 Å². The predicted molar refractivity (Wildman–Crippen MR) is 99.0 cm³/mol. The second-order valence-corrected chi connectivity index (χ2v) is 6.36. The van der Waals surface area contributed by atoms with Crippen LogP contribution in [0.25, 0.3) is 0 Å². The van der Waals surface area contributed by atoms with Crippen molar-refractivity contribution in [1.82, 2.24) is 20.2 Å². The molecular formula is C18H22ClN5O. The molecule has 1 aliphatic heterocycles. The molecule has 1 fully saturated rings. The number of piperazine rings is 1. The number of nitrogens with zero attached hydrogens (tertiary/aromatic N) is 4. The van der Waals surface area contributed by atoms with Crippen LogP contribution in [0, 0.1) is 0 Å². The lowest BCUT2D eigenvalue weighted by Gasteiger charge is -2.34. The molecule has 132 valence electrons. The van der Waals surface area contributed by atoms with Gasteiger partial charge in [0.1, 0.15) is 11.5 Å². The van der Waals surface area contributed by atoms with Gasteiger partial charge in [-0.05, 0) is 18.2 Å². The molecule has 0 atom stereocenters. The summed E-state index contributed by atoms with van der Waals surface area (Å²) in [5, 5.41) is 3.46. The first kappa shape index (κ1) is 17.6. The largest absolute Gasteiger partial charge is 0.353 e. The van der Waals surface area contributed by atoms with Crippen LogP contribution in [0.4, 0.5) is 5.82 Å². The number of rotatable bonds is 5. The van der Waals surface area contributed by atoms with Gasteiger partial charge in [0.2, 0.25) is 0 Å². The van der Waals surface area contributed by atoms with Crippen molar-refractivity contribution in [1.29, 1.82) is 0 Å². The first-order valence-electron chi connectivity index (χ1n) is 8.48. The molecule has 1 amide bonds. The average Bonchev–Trinajstić information content (AvgIpc) is 2.67. The Morgan fingerprint density at radius 3 is 2.56 bits per heavy atom. The fourth-order valence-electron chi connectivity index (χ4n) is 2.80. The van der Waals surface area contributed by atoms with E-state index in [4.69, 9.17) is 11.6 Å². The molecule has 7 heteroatoms. The molecule has 3 rings (SSSR count). The lowest BCUT2D eigenvalue weighted by Crippen LogP contribution is -2.46. The molecule has 1 aliphatic rings. The number of carbonyl (C=O) groups excluding carboxylic acids is 1. The number of anilines is 1. The van der Waals surface area contributed by atoms with Gasteiger partial charge in [-0.2, -0.15) is 0 Å². The second-order valence-electron chi connectivity index (χ2n) is 5.96. The first-order chi connectivity index (χ1) is 12.2. The maximum absolute atomic E-state index is 12.2. The van der Waals surface area contributed by atoms with Gasteiger partial charge in [0.05, 0.1) is 12.4 Å². The fraction of sp³-hybridized carbons (Fsp3) is 0.389. The van der Waals surface area contributed by atoms with Crippen LogP contribution in [-0.2, 0) is 6.54 Å². The highest BCUT2D eigenvalue weighted by molar-refractivity contribution is 6.31. The highest BCUT2D eigenvalue weighted by Crippen LogP contribution is 2.15. The Bertz CT molecular complexity index is 714. The van der Waals surface area contributed by atoms with Crippen LogP contribution in [0.5, 0.6) is 0 Å². The number of halogens is 1. The number of aromatic nitrogens is 2. The quantitative estimate of drug-likeness (QED) is 0.886. The number of benzene rings is 1. The van der Waals surface area contributed by atoms with Crippen LogP contribution in [0.15, 0.2) is 36.7 Å². The Hall–Kier alpha value is -2.18. The van der Waals surface area contributed by atoms with Crippen molar-refractivity contribution >= 4 is 23.3 Å². The Balaban J connectivity index is 1.56. The van der Waals surface area contributed by atoms with E-state index in [0.717, 1.165) is 44.1 Å². The fourth-order valence-corrected chi connectivity index (χ4v) is 3.01. The Morgan fingerprint density at radius 1 is 1.16 bits per heavy atom. The summed E-state index contributed by atoms with van der Waals surface area (Å²) in [5.74, 6) is 0.563. The minimum Gasteiger partial charge on any atom is -0.353 e. The Morgan fingerprint density at radius 2 is 1.92 bits per heavy atom. The van der Waals surface area contributed by atoms with Crippen molar-refractivity contribution in [3.05, 3.63) is 52.9 Å². The van der Waals surface area contributed by atoms with Crippen molar-refractivity contribution < 1.29 is 4.79 Å². The smallest absolute Gasteiger partial charge is 0.271 e. The van der Waals surface area contributed by atoms with Crippen molar-refractivity contribution in [3.8, 4) is 0 Å². The molecule has 0 aliphatic carbocycles. The van der Waals surface area contributed by atoms with Crippen LogP contribution < -0.4 is 10.2 Å². The van der Waals surface area contributed by atoms with E-state index in [1.807, 2.05) is 18.2 Å². The summed E-state index contributed by atoms with van der Waals surface area (Å²) in [4.78, 5) is 25.5. The number of hydrogen-bond acceptors (Lipinski definition) is 5. The second kappa shape index (κ2) is 8.27. The van der Waals surface area contributed by atoms with Crippen molar-refractivity contribution in [2.24, 2.45) is 0 Å². The van der Waals surface area contributed by atoms with E-state index >= 15 is 0 Å². The molecule has 0 radical (unpaired) electrons. The molecule has 1 aromatic heterocycles. The number of likely N-dealkylation sites (N-methyl/N-ethyl adjacent to an activating group) is 1. The predicted octanol–water partition coefficient (Wildman–Crippen LogP) is 2.20. The van der Waals surface area contributed by atoms with Gasteiger partial charge in [-0.3, -0.25) is 4.79 Å². The third-order valence-electron chi connectivity index (χ3n) is 4.41. The van der Waals surface area contributed by atoms with Crippen molar-refractivity contribution in [2.45, 2.75) is 13.5 Å². The molecule has 1 aromatic carbocycles. The summed E-state index contributed by atoms with van der Waals surface area (Å²) in [6, 6.07) is 7.43. The molecule has 1 saturated heterocycles. The van der Waals surface area contributed by atoms with E-state index in [9.17, 15) is 4.79 Å². The van der Waals surface area contributed by atoms with E-state index in [-0.39, 0.29) is 5.91 Å². The minimum atomic E-state index is -0.255. The van der Waals surface area contributed by atoms with Gasteiger partial charge in [0, 0.05) is 37.7 Å². The summed E-state index contributed by atoms with van der Waals surface area (Å²) in [6.07, 6.45) is 3.20. The summed E-state index contributed by atoms with van der Waals surface area (Å²) >= 11 is 6.09. The molecule has 2 heterocycles. The molecular weight excluding hydrogens is 338 g/mol. The molecule has 0 spiro atoms. The maximum Gasteiger partial charge on any atom is 0.271 e. The molecule has 0 saturated carbocycles. The normalized spacial score (nSPS) is 15.2. The zero-order valence-corrected chi connectivity index (χ0v) is 15.0. The lowest BCUT2D eigenvalue weighted by molar-refractivity contribution is 0.0945. The van der Waals surface area contributed by atoms with Gasteiger partial charge in [-0.15, -0.1) is 0 Å². The summed E-state index contributed by atoms with van der Waals surface area (Å²) in [6.45, 7) is 7.52. The van der Waals surface area contributed by atoms with Crippen LogP contribution in [0.3, 0.4) is 0 Å². The summed E-state index contributed by atoms with van der Waals surface area (Å²) < 4.78 is 0. The van der Waals surface area contributed by atoms with Gasteiger partial charge < -0.3 is 15.1 Å². The van der Waals surface area contributed by atoms with Crippen LogP contribution >= 0.6 is 11.6 Å². The molecule has 0 bridgehead atoms. The van der Waals surface area contributed by atoms with E-state index in [1.54, 1.807) is 12.3 Å². The van der Waals surface area contributed by atoms with E-state index in [2.05, 4.69) is 32.0 Å². The van der Waals surface area contributed by atoms with Crippen molar-refractivity contribution in [3.63, 3.8) is 0 Å². The highest BCUT2D eigenvalue weighted by atomic mass is 35.5. The average molecular weight is 360 g/mol. The standard InChI is InChI=1S/C18H22ClN5O/c1-2-23-7-9-24(10-8-23)17-13-20-16(12-21-17)18(25)22-11-14-5-3-4-6-15(14)19/h3-6,12-13H,2,7-11H2,1H3,(H,22,25). The molecule has 6 nitrogen and oxygen atoms in total. The van der Waals surface area contributed by atoms with E-state index in [0.29, 0.717) is 17.3 Å². The highest BCUT2D eigenvalue weighted by Gasteiger charge is 2.17.